The third-order valence-electron chi connectivity index (χ3n) is 5.02. The molecule has 0 aliphatic carbocycles. The van der Waals surface area contributed by atoms with E-state index in [1.54, 1.807) is 6.07 Å². The molecule has 5 rings (SSSR count). The molecule has 3 aromatic rings. The zero-order valence-corrected chi connectivity index (χ0v) is 14.7. The van der Waals surface area contributed by atoms with Crippen molar-refractivity contribution in [3.63, 3.8) is 0 Å². The van der Waals surface area contributed by atoms with Gasteiger partial charge in [0.25, 0.3) is 6.29 Å². The van der Waals surface area contributed by atoms with Gasteiger partial charge in [0.1, 0.15) is 40.1 Å². The molecule has 0 spiro atoms. The SMILES string of the molecule is O=C1C2=Cc3c(CO)cc4cc(O)cc(O)c4c3OC2Oc2cc(O)cc(O)c21. The molecule has 2 aliphatic heterocycles. The molecule has 8 nitrogen and oxygen atoms in total. The Hall–Kier alpha value is -3.91. The molecule has 2 aliphatic rings. The molecule has 1 atom stereocenters. The monoisotopic (exact) mass is 394 g/mol. The van der Waals surface area contributed by atoms with E-state index < -0.39 is 17.8 Å². The lowest BCUT2D eigenvalue weighted by Crippen LogP contribution is -2.37. The second kappa shape index (κ2) is 5.79. The van der Waals surface area contributed by atoms with Crippen LogP contribution in [0.4, 0.5) is 0 Å². The summed E-state index contributed by atoms with van der Waals surface area (Å²) in [4.78, 5) is 13.0. The number of fused-ring (bicyclic) bond motifs is 5. The van der Waals surface area contributed by atoms with Crippen molar-refractivity contribution in [2.75, 3.05) is 0 Å². The summed E-state index contributed by atoms with van der Waals surface area (Å²) in [5.74, 6) is -1.51. The van der Waals surface area contributed by atoms with E-state index in [1.807, 2.05) is 0 Å². The number of benzene rings is 3. The van der Waals surface area contributed by atoms with E-state index >= 15 is 0 Å². The Morgan fingerprint density at radius 1 is 0.897 bits per heavy atom. The van der Waals surface area contributed by atoms with Gasteiger partial charge in [-0.3, -0.25) is 4.79 Å². The van der Waals surface area contributed by atoms with Gasteiger partial charge in [-0.05, 0) is 29.2 Å². The number of aliphatic hydroxyl groups excluding tert-OH is 1. The third-order valence-corrected chi connectivity index (χ3v) is 5.02. The zero-order valence-electron chi connectivity index (χ0n) is 14.7. The highest BCUT2D eigenvalue weighted by molar-refractivity contribution is 6.17. The Kier molecular flexibility index (Phi) is 3.44. The standard InChI is InChI=1S/C21H14O8/c22-7-9-1-8-2-10(23)3-14(25)17(8)20-12(9)6-13-19(27)18-15(26)4-11(24)5-16(18)28-21(13)29-20/h1-6,21-26H,7H2. The molecule has 1 unspecified atom stereocenters. The summed E-state index contributed by atoms with van der Waals surface area (Å²) in [7, 11) is 0. The van der Waals surface area contributed by atoms with E-state index in [0.29, 0.717) is 16.5 Å². The molecule has 0 saturated carbocycles. The van der Waals surface area contributed by atoms with Crippen LogP contribution in [0.3, 0.4) is 0 Å². The lowest BCUT2D eigenvalue weighted by Gasteiger charge is -2.32. The van der Waals surface area contributed by atoms with Crippen molar-refractivity contribution in [2.24, 2.45) is 0 Å². The topological polar surface area (TPSA) is 137 Å². The van der Waals surface area contributed by atoms with E-state index in [0.717, 1.165) is 12.1 Å². The molecule has 0 saturated heterocycles. The first kappa shape index (κ1) is 17.2. The Labute approximate surface area is 163 Å². The first-order valence-corrected chi connectivity index (χ1v) is 8.65. The number of carbonyl (C=O) groups is 1. The van der Waals surface area contributed by atoms with Crippen LogP contribution in [0.5, 0.6) is 34.5 Å². The van der Waals surface area contributed by atoms with Gasteiger partial charge in [0.2, 0.25) is 5.78 Å². The number of phenols is 4. The van der Waals surface area contributed by atoms with Gasteiger partial charge < -0.3 is 35.0 Å². The molecule has 0 bridgehead atoms. The van der Waals surface area contributed by atoms with Gasteiger partial charge in [0, 0.05) is 23.8 Å². The fourth-order valence-electron chi connectivity index (χ4n) is 3.77. The lowest BCUT2D eigenvalue weighted by molar-refractivity contribution is 0.0265. The van der Waals surface area contributed by atoms with E-state index in [2.05, 4.69) is 0 Å². The number of hydrogen-bond donors (Lipinski definition) is 5. The van der Waals surface area contributed by atoms with E-state index in [-0.39, 0.29) is 51.9 Å². The number of aliphatic hydroxyl groups is 1. The van der Waals surface area contributed by atoms with Crippen LogP contribution in [0, 0.1) is 0 Å². The average molecular weight is 394 g/mol. The third kappa shape index (κ3) is 2.39. The van der Waals surface area contributed by atoms with E-state index in [1.165, 1.54) is 18.2 Å². The van der Waals surface area contributed by atoms with Crippen molar-refractivity contribution in [1.82, 2.24) is 0 Å². The first-order chi connectivity index (χ1) is 13.9. The normalized spacial score (nSPS) is 16.9. The van der Waals surface area contributed by atoms with Crippen LogP contribution in [-0.4, -0.2) is 37.6 Å². The highest BCUT2D eigenvalue weighted by Gasteiger charge is 2.39. The van der Waals surface area contributed by atoms with E-state index in [9.17, 15) is 30.3 Å². The van der Waals surface area contributed by atoms with Gasteiger partial charge >= 0.3 is 0 Å². The Bertz CT molecular complexity index is 1260. The van der Waals surface area contributed by atoms with Gasteiger partial charge in [-0.15, -0.1) is 0 Å². The first-order valence-electron chi connectivity index (χ1n) is 8.65. The van der Waals surface area contributed by atoms with Crippen molar-refractivity contribution in [2.45, 2.75) is 12.9 Å². The molecule has 2 heterocycles. The van der Waals surface area contributed by atoms with Crippen LogP contribution in [0.25, 0.3) is 16.8 Å². The highest BCUT2D eigenvalue weighted by atomic mass is 16.7. The second-order valence-corrected chi connectivity index (χ2v) is 6.83. The second-order valence-electron chi connectivity index (χ2n) is 6.83. The number of Topliss-reactive ketones (excluding diaryl/α,β-unsaturated/α-hetero) is 1. The predicted molar refractivity (Wildman–Crippen MR) is 100 cm³/mol. The number of phenolic OH excluding ortho intramolecular Hbond substituents is 4. The molecule has 146 valence electrons. The molecule has 3 aromatic carbocycles. The highest BCUT2D eigenvalue weighted by Crippen LogP contribution is 2.47. The summed E-state index contributed by atoms with van der Waals surface area (Å²) in [6, 6.07) is 6.37. The number of carbonyl (C=O) groups excluding carboxylic acids is 1. The number of ketones is 1. The molecule has 5 N–H and O–H groups in total. The molecule has 8 heteroatoms. The molecule has 29 heavy (non-hydrogen) atoms. The molecule has 0 aromatic heterocycles. The van der Waals surface area contributed by atoms with Gasteiger partial charge in [-0.25, -0.2) is 0 Å². The van der Waals surface area contributed by atoms with Crippen LogP contribution in [-0.2, 0) is 6.61 Å². The van der Waals surface area contributed by atoms with Crippen LogP contribution in [0.1, 0.15) is 21.5 Å². The molecular weight excluding hydrogens is 380 g/mol. The van der Waals surface area contributed by atoms with Crippen LogP contribution >= 0.6 is 0 Å². The Morgan fingerprint density at radius 3 is 2.38 bits per heavy atom. The maximum Gasteiger partial charge on any atom is 0.271 e. The molecule has 0 amide bonds. The van der Waals surface area contributed by atoms with Crippen molar-refractivity contribution < 1.29 is 39.8 Å². The van der Waals surface area contributed by atoms with Crippen LogP contribution in [0.2, 0.25) is 0 Å². The average Bonchev–Trinajstić information content (AvgIpc) is 2.65. The summed E-state index contributed by atoms with van der Waals surface area (Å²) in [6.07, 6.45) is 0.298. The van der Waals surface area contributed by atoms with Crippen molar-refractivity contribution in [1.29, 1.82) is 0 Å². The van der Waals surface area contributed by atoms with Crippen LogP contribution in [0.15, 0.2) is 35.9 Å². The predicted octanol–water partition coefficient (Wildman–Crippen LogP) is 2.53. The fourth-order valence-corrected chi connectivity index (χ4v) is 3.77. The number of ether oxygens (including phenoxy) is 2. The fraction of sp³-hybridized carbons (Fsp3) is 0.0952. The Balaban J connectivity index is 1.77. The quantitative estimate of drug-likeness (QED) is 0.425. The van der Waals surface area contributed by atoms with Gasteiger partial charge in [0.15, 0.2) is 0 Å². The van der Waals surface area contributed by atoms with E-state index in [4.69, 9.17) is 9.47 Å². The van der Waals surface area contributed by atoms with Crippen molar-refractivity contribution in [3.05, 3.63) is 52.6 Å². The summed E-state index contributed by atoms with van der Waals surface area (Å²) in [5, 5.41) is 50.4. The summed E-state index contributed by atoms with van der Waals surface area (Å²) < 4.78 is 11.6. The van der Waals surface area contributed by atoms with Crippen molar-refractivity contribution >= 4 is 22.6 Å². The van der Waals surface area contributed by atoms with Crippen LogP contribution < -0.4 is 9.47 Å². The smallest absolute Gasteiger partial charge is 0.271 e. The summed E-state index contributed by atoms with van der Waals surface area (Å²) >= 11 is 0. The minimum Gasteiger partial charge on any atom is -0.508 e. The van der Waals surface area contributed by atoms with Gasteiger partial charge in [0.05, 0.1) is 17.6 Å². The number of aromatic hydroxyl groups is 4. The maximum atomic E-state index is 13.0. The minimum absolute atomic E-state index is 0.0393. The Morgan fingerprint density at radius 2 is 1.62 bits per heavy atom. The number of rotatable bonds is 1. The lowest BCUT2D eigenvalue weighted by atomic mass is 9.91. The largest absolute Gasteiger partial charge is 0.508 e. The molecule has 0 fully saturated rings. The maximum absolute atomic E-state index is 13.0. The summed E-state index contributed by atoms with van der Waals surface area (Å²) in [5.41, 5.74) is 0.789. The number of hydrogen-bond acceptors (Lipinski definition) is 8. The van der Waals surface area contributed by atoms with Gasteiger partial charge in [-0.2, -0.15) is 0 Å². The minimum atomic E-state index is -1.19. The zero-order chi connectivity index (χ0) is 20.4. The molecular formula is C21H14O8. The van der Waals surface area contributed by atoms with Crippen molar-refractivity contribution in [3.8, 4) is 34.5 Å². The summed E-state index contributed by atoms with van der Waals surface area (Å²) in [6.45, 7) is -0.378. The molecule has 0 radical (unpaired) electrons. The van der Waals surface area contributed by atoms with Gasteiger partial charge in [-0.1, -0.05) is 0 Å².